The van der Waals surface area contributed by atoms with E-state index >= 15 is 0 Å². The fraction of sp³-hybridized carbons (Fsp3) is 0.125. The number of nitrogens with zero attached hydrogens (tertiary/aromatic N) is 4. The number of aromatic nitrogens is 4. The van der Waals surface area contributed by atoms with E-state index in [0.29, 0.717) is 11.4 Å². The second-order valence-electron chi connectivity index (χ2n) is 4.88. The van der Waals surface area contributed by atoms with E-state index < -0.39 is 0 Å². The maximum Gasteiger partial charge on any atom is 0.242 e. The Balaban J connectivity index is 1.63. The number of benzene rings is 1. The highest BCUT2D eigenvalue weighted by Gasteiger charge is 2.06. The summed E-state index contributed by atoms with van der Waals surface area (Å²) in [4.78, 5) is 20.1. The van der Waals surface area contributed by atoms with Gasteiger partial charge in [-0.3, -0.25) is 9.48 Å². The van der Waals surface area contributed by atoms with Gasteiger partial charge in [-0.1, -0.05) is 0 Å². The normalized spacial score (nSPS) is 10.5. The molecule has 2 heterocycles. The van der Waals surface area contributed by atoms with Gasteiger partial charge in [0.1, 0.15) is 18.7 Å². The van der Waals surface area contributed by atoms with Gasteiger partial charge in [0.05, 0.1) is 17.9 Å². The Morgan fingerprint density at radius 2 is 2.04 bits per heavy atom. The van der Waals surface area contributed by atoms with Gasteiger partial charge >= 0.3 is 0 Å². The maximum absolute atomic E-state index is 13.0. The van der Waals surface area contributed by atoms with Gasteiger partial charge in [0.15, 0.2) is 0 Å². The highest BCUT2D eigenvalue weighted by atomic mass is 19.1. The van der Waals surface area contributed by atoms with Gasteiger partial charge in [-0.15, -0.1) is 0 Å². The molecule has 0 atom stereocenters. The number of amides is 1. The first-order valence-electron chi connectivity index (χ1n) is 7.02. The van der Waals surface area contributed by atoms with E-state index in [1.54, 1.807) is 41.3 Å². The van der Waals surface area contributed by atoms with Crippen LogP contribution in [0.4, 0.5) is 4.39 Å². The Bertz CT molecular complexity index is 786. The average molecular weight is 311 g/mol. The summed E-state index contributed by atoms with van der Waals surface area (Å²) in [7, 11) is 0. The third-order valence-corrected chi connectivity index (χ3v) is 3.20. The van der Waals surface area contributed by atoms with Crippen molar-refractivity contribution in [1.82, 2.24) is 25.1 Å². The molecule has 3 aromatic rings. The van der Waals surface area contributed by atoms with E-state index in [0.717, 1.165) is 5.56 Å². The standard InChI is InChI=1S/C16H14FN5O/c17-13-4-2-12(3-5-13)15-8-14(19-11-20-15)9-18-16(23)10-22-7-1-6-21-22/h1-8,11H,9-10H2,(H,18,23). The first kappa shape index (κ1) is 14.8. The smallest absolute Gasteiger partial charge is 0.242 e. The topological polar surface area (TPSA) is 72.7 Å². The van der Waals surface area contributed by atoms with Crippen LogP contribution in [0.5, 0.6) is 0 Å². The summed E-state index contributed by atoms with van der Waals surface area (Å²) in [6.45, 7) is 0.444. The summed E-state index contributed by atoms with van der Waals surface area (Å²) in [5.74, 6) is -0.454. The number of halogens is 1. The quantitative estimate of drug-likeness (QED) is 0.780. The lowest BCUT2D eigenvalue weighted by molar-refractivity contribution is -0.122. The largest absolute Gasteiger partial charge is 0.349 e. The maximum atomic E-state index is 13.0. The highest BCUT2D eigenvalue weighted by Crippen LogP contribution is 2.17. The molecule has 1 amide bonds. The lowest BCUT2D eigenvalue weighted by atomic mass is 10.1. The molecule has 0 fully saturated rings. The molecule has 0 bridgehead atoms. The molecule has 0 aliphatic carbocycles. The lowest BCUT2D eigenvalue weighted by Crippen LogP contribution is -2.27. The van der Waals surface area contributed by atoms with Gasteiger partial charge in [-0.25, -0.2) is 14.4 Å². The Labute approximate surface area is 132 Å². The molecular formula is C16H14FN5O. The molecule has 0 saturated carbocycles. The number of hydrogen-bond acceptors (Lipinski definition) is 4. The van der Waals surface area contributed by atoms with Crippen molar-refractivity contribution in [3.05, 3.63) is 66.6 Å². The summed E-state index contributed by atoms with van der Waals surface area (Å²) in [6.07, 6.45) is 4.76. The van der Waals surface area contributed by atoms with Crippen LogP contribution in [0.1, 0.15) is 5.69 Å². The van der Waals surface area contributed by atoms with Crippen LogP contribution in [0.2, 0.25) is 0 Å². The lowest BCUT2D eigenvalue weighted by Gasteiger charge is -2.06. The van der Waals surface area contributed by atoms with Gasteiger partial charge in [0, 0.05) is 18.0 Å². The van der Waals surface area contributed by atoms with Crippen LogP contribution >= 0.6 is 0 Å². The van der Waals surface area contributed by atoms with Crippen LogP contribution in [0.15, 0.2) is 55.1 Å². The van der Waals surface area contributed by atoms with Crippen LogP contribution in [0.3, 0.4) is 0 Å². The molecule has 1 aromatic carbocycles. The Morgan fingerprint density at radius 1 is 1.22 bits per heavy atom. The number of hydrogen-bond donors (Lipinski definition) is 1. The molecule has 2 aromatic heterocycles. The zero-order valence-electron chi connectivity index (χ0n) is 12.2. The minimum atomic E-state index is -0.297. The van der Waals surface area contributed by atoms with Crippen LogP contribution in [0.25, 0.3) is 11.3 Å². The van der Waals surface area contributed by atoms with E-state index in [2.05, 4.69) is 20.4 Å². The second-order valence-corrected chi connectivity index (χ2v) is 4.88. The molecular weight excluding hydrogens is 297 g/mol. The fourth-order valence-corrected chi connectivity index (χ4v) is 2.06. The molecule has 116 valence electrons. The number of nitrogens with one attached hydrogen (secondary N) is 1. The van der Waals surface area contributed by atoms with Gasteiger partial charge in [0.2, 0.25) is 5.91 Å². The van der Waals surface area contributed by atoms with Crippen molar-refractivity contribution < 1.29 is 9.18 Å². The summed E-state index contributed by atoms with van der Waals surface area (Å²) in [6, 6.07) is 9.58. The van der Waals surface area contributed by atoms with E-state index in [4.69, 9.17) is 0 Å². The SMILES string of the molecule is O=C(Cn1cccn1)NCc1cc(-c2ccc(F)cc2)ncn1. The summed E-state index contributed by atoms with van der Waals surface area (Å²) in [5, 5.41) is 6.75. The molecule has 3 rings (SSSR count). The zero-order valence-corrected chi connectivity index (χ0v) is 12.2. The van der Waals surface area contributed by atoms with Crippen molar-refractivity contribution in [2.45, 2.75) is 13.1 Å². The van der Waals surface area contributed by atoms with Crippen LogP contribution in [-0.4, -0.2) is 25.7 Å². The Morgan fingerprint density at radius 3 is 2.78 bits per heavy atom. The number of carbonyl (C=O) groups excluding carboxylic acids is 1. The van der Waals surface area contributed by atoms with Gasteiger partial charge < -0.3 is 5.32 Å². The van der Waals surface area contributed by atoms with E-state index in [-0.39, 0.29) is 24.8 Å². The Hall–Kier alpha value is -3.09. The molecule has 23 heavy (non-hydrogen) atoms. The van der Waals surface area contributed by atoms with Crippen LogP contribution in [0, 0.1) is 5.82 Å². The molecule has 0 aliphatic heterocycles. The second kappa shape index (κ2) is 6.78. The minimum Gasteiger partial charge on any atom is -0.349 e. The molecule has 1 N–H and O–H groups in total. The van der Waals surface area contributed by atoms with Gasteiger partial charge in [0.25, 0.3) is 0 Å². The first-order chi connectivity index (χ1) is 11.2. The van der Waals surface area contributed by atoms with Crippen molar-refractivity contribution >= 4 is 5.91 Å². The van der Waals surface area contributed by atoms with Crippen molar-refractivity contribution in [2.75, 3.05) is 0 Å². The zero-order chi connectivity index (χ0) is 16.1. The van der Waals surface area contributed by atoms with Crippen molar-refractivity contribution in [1.29, 1.82) is 0 Å². The monoisotopic (exact) mass is 311 g/mol. The Kier molecular flexibility index (Phi) is 4.37. The van der Waals surface area contributed by atoms with Gasteiger partial charge in [-0.05, 0) is 36.4 Å². The van der Waals surface area contributed by atoms with Crippen molar-refractivity contribution in [2.24, 2.45) is 0 Å². The highest BCUT2D eigenvalue weighted by molar-refractivity contribution is 5.75. The fourth-order valence-electron chi connectivity index (χ4n) is 2.06. The van der Waals surface area contributed by atoms with Crippen molar-refractivity contribution in [3.63, 3.8) is 0 Å². The molecule has 0 unspecified atom stereocenters. The average Bonchev–Trinajstić information content (AvgIpc) is 3.07. The molecule has 0 aliphatic rings. The van der Waals surface area contributed by atoms with Crippen molar-refractivity contribution in [3.8, 4) is 11.3 Å². The molecule has 0 saturated heterocycles. The number of carbonyl (C=O) groups is 1. The van der Waals surface area contributed by atoms with E-state index in [9.17, 15) is 9.18 Å². The van der Waals surface area contributed by atoms with Crippen LogP contribution in [-0.2, 0) is 17.9 Å². The van der Waals surface area contributed by atoms with E-state index in [1.807, 2.05) is 0 Å². The minimum absolute atomic E-state index is 0.156. The third-order valence-electron chi connectivity index (χ3n) is 3.20. The molecule has 0 radical (unpaired) electrons. The summed E-state index contributed by atoms with van der Waals surface area (Å²) >= 11 is 0. The summed E-state index contributed by atoms with van der Waals surface area (Å²) in [5.41, 5.74) is 2.14. The molecule has 7 heteroatoms. The summed E-state index contributed by atoms with van der Waals surface area (Å²) < 4.78 is 14.5. The first-order valence-corrected chi connectivity index (χ1v) is 7.02. The predicted octanol–water partition coefficient (Wildman–Crippen LogP) is 1.80. The van der Waals surface area contributed by atoms with E-state index in [1.165, 1.54) is 18.5 Å². The third kappa shape index (κ3) is 3.97. The molecule has 0 spiro atoms. The number of rotatable bonds is 5. The predicted molar refractivity (Wildman–Crippen MR) is 81.5 cm³/mol. The molecule has 6 nitrogen and oxygen atoms in total. The van der Waals surface area contributed by atoms with Gasteiger partial charge in [-0.2, -0.15) is 5.10 Å². The van der Waals surface area contributed by atoms with Crippen LogP contribution < -0.4 is 5.32 Å².